The molecule has 0 aromatic carbocycles. The second-order valence-corrected chi connectivity index (χ2v) is 16.2. The van der Waals surface area contributed by atoms with Gasteiger partial charge in [0, 0.05) is 12.8 Å². The van der Waals surface area contributed by atoms with Crippen LogP contribution in [-0.4, -0.2) is 59.9 Å². The smallest absolute Gasteiger partial charge is 0.472 e. The van der Waals surface area contributed by atoms with E-state index in [2.05, 4.69) is 79.1 Å². The second-order valence-electron chi connectivity index (χ2n) is 14.8. The highest BCUT2D eigenvalue weighted by atomic mass is 31.2. The molecule has 0 saturated carbocycles. The van der Waals surface area contributed by atoms with Crippen molar-refractivity contribution in [2.24, 2.45) is 5.73 Å². The average molecular weight is 838 g/mol. The van der Waals surface area contributed by atoms with Gasteiger partial charge in [0.25, 0.3) is 0 Å². The van der Waals surface area contributed by atoms with Gasteiger partial charge in [-0.3, -0.25) is 23.4 Å². The van der Waals surface area contributed by atoms with Gasteiger partial charge in [0.15, 0.2) is 6.10 Å². The summed E-state index contributed by atoms with van der Waals surface area (Å²) < 4.78 is 32.7. The number of allylic oxidation sites excluding steroid dienone is 10. The number of phosphoric ester groups is 1. The first-order valence-corrected chi connectivity index (χ1v) is 23.8. The largest absolute Gasteiger partial charge is 0.480 e. The molecule has 0 aliphatic heterocycles. The lowest BCUT2D eigenvalue weighted by atomic mass is 10.1. The Bertz CT molecular complexity index is 1210. The number of hydrogen-bond acceptors (Lipinski definition) is 9. The highest BCUT2D eigenvalue weighted by molar-refractivity contribution is 7.47. The van der Waals surface area contributed by atoms with Crippen LogP contribution < -0.4 is 5.73 Å². The van der Waals surface area contributed by atoms with Crippen molar-refractivity contribution in [3.63, 3.8) is 0 Å². The second kappa shape index (κ2) is 40.9. The highest BCUT2D eigenvalue weighted by Gasteiger charge is 2.28. The van der Waals surface area contributed by atoms with E-state index in [0.717, 1.165) is 77.0 Å². The van der Waals surface area contributed by atoms with Crippen molar-refractivity contribution < 1.29 is 47.5 Å². The van der Waals surface area contributed by atoms with E-state index in [9.17, 15) is 23.8 Å². The van der Waals surface area contributed by atoms with Crippen LogP contribution in [0.2, 0.25) is 0 Å². The van der Waals surface area contributed by atoms with Gasteiger partial charge in [-0.2, -0.15) is 0 Å². The summed E-state index contributed by atoms with van der Waals surface area (Å²) in [6.07, 6.45) is 47.1. The number of carbonyl (C=O) groups excluding carboxylic acids is 2. The summed E-state index contributed by atoms with van der Waals surface area (Å²) >= 11 is 0. The molecule has 0 spiro atoms. The fourth-order valence-electron chi connectivity index (χ4n) is 5.76. The van der Waals surface area contributed by atoms with Crippen LogP contribution in [0.25, 0.3) is 0 Å². The molecule has 58 heavy (non-hydrogen) atoms. The number of esters is 2. The maximum absolute atomic E-state index is 12.6. The number of aliphatic carboxylic acids is 1. The van der Waals surface area contributed by atoms with Gasteiger partial charge >= 0.3 is 25.7 Å². The summed E-state index contributed by atoms with van der Waals surface area (Å²) in [5.74, 6) is -2.42. The van der Waals surface area contributed by atoms with E-state index in [-0.39, 0.29) is 19.4 Å². The lowest BCUT2D eigenvalue weighted by molar-refractivity contribution is -0.161. The van der Waals surface area contributed by atoms with E-state index >= 15 is 0 Å². The quantitative estimate of drug-likeness (QED) is 0.0231. The predicted octanol–water partition coefficient (Wildman–Crippen LogP) is 12.0. The number of nitrogens with two attached hydrogens (primary N) is 1. The molecule has 0 amide bonds. The number of hydrogen-bond donors (Lipinski definition) is 3. The van der Waals surface area contributed by atoms with Gasteiger partial charge in [0.2, 0.25) is 0 Å². The Kier molecular flexibility index (Phi) is 38.9. The van der Waals surface area contributed by atoms with Crippen LogP contribution in [0.15, 0.2) is 60.8 Å². The molecule has 11 nitrogen and oxygen atoms in total. The number of carboxylic acid groups (broad SMARTS) is 1. The van der Waals surface area contributed by atoms with Gasteiger partial charge in [0.1, 0.15) is 12.6 Å². The van der Waals surface area contributed by atoms with E-state index in [4.69, 9.17) is 24.8 Å². The van der Waals surface area contributed by atoms with E-state index in [1.54, 1.807) is 0 Å². The highest BCUT2D eigenvalue weighted by Crippen LogP contribution is 2.43. The van der Waals surface area contributed by atoms with Crippen LogP contribution in [0.3, 0.4) is 0 Å². The summed E-state index contributed by atoms with van der Waals surface area (Å²) in [6.45, 7) is 2.65. The molecule has 0 bridgehead atoms. The molecule has 4 N–H and O–H groups in total. The summed E-state index contributed by atoms with van der Waals surface area (Å²) in [4.78, 5) is 46.0. The topological polar surface area (TPSA) is 172 Å². The van der Waals surface area contributed by atoms with Gasteiger partial charge in [-0.1, -0.05) is 152 Å². The molecule has 1 unspecified atom stereocenters. The molecule has 0 aromatic rings. The van der Waals surface area contributed by atoms with Crippen molar-refractivity contribution in [2.75, 3.05) is 19.8 Å². The van der Waals surface area contributed by atoms with Crippen LogP contribution in [0.5, 0.6) is 0 Å². The normalized spacial score (nSPS) is 14.3. The number of ether oxygens (including phenoxy) is 2. The third-order valence-electron chi connectivity index (χ3n) is 9.25. The van der Waals surface area contributed by atoms with E-state index in [0.29, 0.717) is 12.8 Å². The van der Waals surface area contributed by atoms with Gasteiger partial charge in [-0.25, -0.2) is 4.57 Å². The molecular weight excluding hydrogens is 757 g/mol. The Balaban J connectivity index is 4.40. The van der Waals surface area contributed by atoms with Gasteiger partial charge in [-0.15, -0.1) is 0 Å². The predicted molar refractivity (Wildman–Crippen MR) is 235 cm³/mol. The van der Waals surface area contributed by atoms with Crippen molar-refractivity contribution in [1.82, 2.24) is 0 Å². The van der Waals surface area contributed by atoms with Crippen LogP contribution in [0, 0.1) is 0 Å². The lowest BCUT2D eigenvalue weighted by Gasteiger charge is -2.20. The maximum atomic E-state index is 12.6. The molecule has 0 aromatic heterocycles. The Morgan fingerprint density at radius 3 is 1.47 bits per heavy atom. The Labute approximate surface area is 351 Å². The summed E-state index contributed by atoms with van der Waals surface area (Å²) in [5.41, 5.74) is 5.33. The average Bonchev–Trinajstić information content (AvgIpc) is 3.20. The molecule has 0 aliphatic carbocycles. The van der Waals surface area contributed by atoms with Crippen molar-refractivity contribution >= 4 is 25.7 Å². The van der Waals surface area contributed by atoms with Crippen molar-refractivity contribution in [3.05, 3.63) is 60.8 Å². The number of carboxylic acids is 1. The van der Waals surface area contributed by atoms with Crippen molar-refractivity contribution in [2.45, 2.75) is 193 Å². The van der Waals surface area contributed by atoms with Crippen LogP contribution in [0.4, 0.5) is 0 Å². The first-order valence-electron chi connectivity index (χ1n) is 22.3. The van der Waals surface area contributed by atoms with Gasteiger partial charge in [0.05, 0.1) is 13.2 Å². The molecule has 334 valence electrons. The van der Waals surface area contributed by atoms with Crippen LogP contribution in [0.1, 0.15) is 181 Å². The standard InChI is InChI=1S/C46H80NO10P/c1-3-5-7-9-11-13-15-17-19-21-23-25-27-29-31-33-35-37-44(48)54-39-42(40-55-58(52,53)56-41-43(47)46(50)51)57-45(49)38-36-34-32-30-28-26-24-22-20-18-16-14-12-10-8-6-4-2/h6,8,12,14,17-20,24,26,42-43H,3-5,7,9-11,13,15-16,21-23,25,27-41,47H2,1-2H3,(H,50,51)(H,52,53)/b8-6-,14-12-,19-17-,20-18-,26-24-/t42-,43+/m1/s1. The number of unbranched alkanes of at least 4 members (excludes halogenated alkanes) is 17. The molecule has 3 atom stereocenters. The molecular formula is C46H80NO10P. The van der Waals surface area contributed by atoms with Gasteiger partial charge < -0.3 is 25.2 Å². The van der Waals surface area contributed by atoms with Crippen molar-refractivity contribution in [1.29, 1.82) is 0 Å². The van der Waals surface area contributed by atoms with Crippen LogP contribution >= 0.6 is 7.82 Å². The molecule has 0 saturated heterocycles. The molecule has 0 heterocycles. The minimum Gasteiger partial charge on any atom is -0.480 e. The van der Waals surface area contributed by atoms with E-state index < -0.39 is 51.1 Å². The lowest BCUT2D eigenvalue weighted by Crippen LogP contribution is -2.34. The zero-order chi connectivity index (χ0) is 42.8. The molecule has 0 aliphatic rings. The fraction of sp³-hybridized carbons (Fsp3) is 0.717. The molecule has 0 fully saturated rings. The summed E-state index contributed by atoms with van der Waals surface area (Å²) in [6, 6.07) is -1.53. The summed E-state index contributed by atoms with van der Waals surface area (Å²) in [5, 5.41) is 8.89. The van der Waals surface area contributed by atoms with E-state index in [1.165, 1.54) is 64.2 Å². The van der Waals surface area contributed by atoms with Crippen LogP contribution in [-0.2, 0) is 37.5 Å². The third kappa shape index (κ3) is 40.0. The zero-order valence-corrected chi connectivity index (χ0v) is 37.0. The van der Waals surface area contributed by atoms with E-state index in [1.807, 2.05) is 0 Å². The maximum Gasteiger partial charge on any atom is 0.472 e. The Morgan fingerprint density at radius 1 is 0.552 bits per heavy atom. The number of rotatable bonds is 41. The molecule has 0 radical (unpaired) electrons. The first-order chi connectivity index (χ1) is 28.1. The Hall–Kier alpha value is -2.82. The van der Waals surface area contributed by atoms with Crippen molar-refractivity contribution in [3.8, 4) is 0 Å². The number of carbonyl (C=O) groups is 3. The minimum atomic E-state index is -4.73. The summed E-state index contributed by atoms with van der Waals surface area (Å²) in [7, 11) is -4.73. The fourth-order valence-corrected chi connectivity index (χ4v) is 6.53. The first kappa shape index (κ1) is 55.2. The third-order valence-corrected chi connectivity index (χ3v) is 10.2. The molecule has 12 heteroatoms. The SMILES string of the molecule is CC/C=C\C/C=C\C/C=C\C/C=C\CCCCCCC(=O)O[C@H](COC(=O)CCCCCCCCC/C=C\CCCCCCCC)COP(=O)(O)OC[C@H](N)C(=O)O. The number of phosphoric acid groups is 1. The monoisotopic (exact) mass is 838 g/mol. The minimum absolute atomic E-state index is 0.130. The molecule has 0 rings (SSSR count). The zero-order valence-electron chi connectivity index (χ0n) is 36.1. The van der Waals surface area contributed by atoms with Gasteiger partial charge in [-0.05, 0) is 77.0 Å². The Morgan fingerprint density at radius 2 is 0.966 bits per heavy atom.